The number of hydrogen-bond acceptors (Lipinski definition) is 2. The second-order valence-corrected chi connectivity index (χ2v) is 2.80. The summed E-state index contributed by atoms with van der Waals surface area (Å²) in [5, 5.41) is 0. The third-order valence-corrected chi connectivity index (χ3v) is 1.56. The Balaban J connectivity index is 0.000000810. The first-order chi connectivity index (χ1) is 4.20. The maximum absolute atomic E-state index is 2.29. The highest BCUT2D eigenvalue weighted by Crippen LogP contribution is 2.06. The number of rotatable bonds is 1. The summed E-state index contributed by atoms with van der Waals surface area (Å²) in [6, 6.07) is 0.631. The normalized spacial score (nSPS) is 16.4. The summed E-state index contributed by atoms with van der Waals surface area (Å²) >= 11 is 0. The third kappa shape index (κ3) is 2.10. The van der Waals surface area contributed by atoms with E-state index >= 15 is 0 Å². The van der Waals surface area contributed by atoms with Crippen molar-refractivity contribution in [3.05, 3.63) is 12.4 Å². The lowest BCUT2D eigenvalue weighted by molar-refractivity contribution is 0.254. The van der Waals surface area contributed by atoms with Crippen molar-refractivity contribution in [3.63, 3.8) is 0 Å². The van der Waals surface area contributed by atoms with Crippen LogP contribution in [0.3, 0.4) is 0 Å². The first-order valence-corrected chi connectivity index (χ1v) is 3.34. The molecule has 0 N–H and O–H groups in total. The van der Waals surface area contributed by atoms with E-state index in [1.807, 2.05) is 0 Å². The molecule has 0 bridgehead atoms. The second kappa shape index (κ2) is 3.71. The van der Waals surface area contributed by atoms with Gasteiger partial charge in [-0.15, -0.1) is 12.4 Å². The Labute approximate surface area is 68.9 Å². The Morgan fingerprint density at radius 1 is 1.30 bits per heavy atom. The van der Waals surface area contributed by atoms with E-state index in [-0.39, 0.29) is 12.4 Å². The molecular weight excluding hydrogens is 148 g/mol. The van der Waals surface area contributed by atoms with Crippen LogP contribution >= 0.6 is 12.4 Å². The van der Waals surface area contributed by atoms with Gasteiger partial charge in [0.15, 0.2) is 0 Å². The summed E-state index contributed by atoms with van der Waals surface area (Å²) in [4.78, 5) is 4.46. The zero-order chi connectivity index (χ0) is 6.85. The monoisotopic (exact) mass is 162 g/mol. The molecule has 0 spiro atoms. The summed E-state index contributed by atoms with van der Waals surface area (Å²) in [6.45, 7) is 5.44. The van der Waals surface area contributed by atoms with Crippen molar-refractivity contribution < 1.29 is 0 Å². The van der Waals surface area contributed by atoms with Crippen molar-refractivity contribution in [2.75, 3.05) is 13.7 Å². The molecular formula is C7H15ClN2. The van der Waals surface area contributed by atoms with Crippen molar-refractivity contribution >= 4 is 12.4 Å². The molecule has 60 valence electrons. The van der Waals surface area contributed by atoms with Gasteiger partial charge >= 0.3 is 0 Å². The molecule has 0 amide bonds. The lowest BCUT2D eigenvalue weighted by Crippen LogP contribution is -2.28. The van der Waals surface area contributed by atoms with Crippen LogP contribution in [0.2, 0.25) is 0 Å². The van der Waals surface area contributed by atoms with Gasteiger partial charge in [0, 0.05) is 25.5 Å². The van der Waals surface area contributed by atoms with E-state index in [1.165, 1.54) is 0 Å². The maximum atomic E-state index is 2.29. The lowest BCUT2D eigenvalue weighted by Gasteiger charge is -2.21. The standard InChI is InChI=1S/C7H14N2.ClH/c1-7(2)9-5-4-8(3)6-9;/h4-5,7H,6H2,1-3H3;1H. The summed E-state index contributed by atoms with van der Waals surface area (Å²) < 4.78 is 0. The van der Waals surface area contributed by atoms with E-state index in [9.17, 15) is 0 Å². The molecule has 0 atom stereocenters. The molecule has 1 rings (SSSR count). The quantitative estimate of drug-likeness (QED) is 0.577. The second-order valence-electron chi connectivity index (χ2n) is 2.80. The minimum absolute atomic E-state index is 0. The van der Waals surface area contributed by atoms with E-state index in [0.717, 1.165) is 6.67 Å². The van der Waals surface area contributed by atoms with Crippen LogP contribution < -0.4 is 0 Å². The first kappa shape index (κ1) is 9.63. The summed E-state index contributed by atoms with van der Waals surface area (Å²) in [6.07, 6.45) is 4.23. The van der Waals surface area contributed by atoms with Gasteiger partial charge in [-0.3, -0.25) is 0 Å². The van der Waals surface area contributed by atoms with Crippen molar-refractivity contribution in [1.82, 2.24) is 9.80 Å². The van der Waals surface area contributed by atoms with E-state index < -0.39 is 0 Å². The molecule has 0 aromatic rings. The highest BCUT2D eigenvalue weighted by Gasteiger charge is 2.09. The number of nitrogens with zero attached hydrogens (tertiary/aromatic N) is 2. The Morgan fingerprint density at radius 2 is 1.90 bits per heavy atom. The Bertz CT molecular complexity index is 123. The average Bonchev–Trinajstić information content (AvgIpc) is 2.14. The maximum Gasteiger partial charge on any atom is 0.0893 e. The lowest BCUT2D eigenvalue weighted by atomic mass is 10.4. The summed E-state index contributed by atoms with van der Waals surface area (Å²) in [5.41, 5.74) is 0. The highest BCUT2D eigenvalue weighted by molar-refractivity contribution is 5.85. The zero-order valence-electron chi connectivity index (χ0n) is 6.74. The number of hydrogen-bond donors (Lipinski definition) is 0. The Kier molecular flexibility index (Phi) is 3.58. The predicted molar refractivity (Wildman–Crippen MR) is 46.0 cm³/mol. The minimum Gasteiger partial charge on any atom is -0.362 e. The SMILES string of the molecule is CC(C)N1C=CN(C)C1.Cl. The third-order valence-electron chi connectivity index (χ3n) is 1.56. The van der Waals surface area contributed by atoms with E-state index in [2.05, 4.69) is 43.1 Å². The van der Waals surface area contributed by atoms with Crippen LogP contribution in [0.4, 0.5) is 0 Å². The molecule has 0 fully saturated rings. The fraction of sp³-hybridized carbons (Fsp3) is 0.714. The molecule has 0 aliphatic carbocycles. The fourth-order valence-corrected chi connectivity index (χ4v) is 0.887. The zero-order valence-corrected chi connectivity index (χ0v) is 7.56. The Morgan fingerprint density at radius 3 is 2.10 bits per heavy atom. The van der Waals surface area contributed by atoms with Gasteiger partial charge in [0.05, 0.1) is 6.67 Å². The average molecular weight is 163 g/mol. The van der Waals surface area contributed by atoms with Crippen LogP contribution in [0.25, 0.3) is 0 Å². The molecule has 10 heavy (non-hydrogen) atoms. The van der Waals surface area contributed by atoms with E-state index in [0.29, 0.717) is 6.04 Å². The van der Waals surface area contributed by atoms with Gasteiger partial charge in [0.25, 0.3) is 0 Å². The molecule has 0 saturated carbocycles. The molecule has 0 aromatic carbocycles. The molecule has 2 nitrogen and oxygen atoms in total. The van der Waals surface area contributed by atoms with Crippen molar-refractivity contribution in [3.8, 4) is 0 Å². The van der Waals surface area contributed by atoms with Gasteiger partial charge in [0.1, 0.15) is 0 Å². The summed E-state index contributed by atoms with van der Waals surface area (Å²) in [7, 11) is 2.08. The van der Waals surface area contributed by atoms with Gasteiger partial charge < -0.3 is 9.80 Å². The minimum atomic E-state index is 0. The van der Waals surface area contributed by atoms with Crippen LogP contribution in [0.5, 0.6) is 0 Å². The number of halogens is 1. The molecule has 0 radical (unpaired) electrons. The molecule has 0 unspecified atom stereocenters. The smallest absolute Gasteiger partial charge is 0.0893 e. The van der Waals surface area contributed by atoms with Crippen LogP contribution in [-0.4, -0.2) is 29.6 Å². The van der Waals surface area contributed by atoms with E-state index in [4.69, 9.17) is 0 Å². The topological polar surface area (TPSA) is 6.48 Å². The molecule has 1 aliphatic rings. The van der Waals surface area contributed by atoms with Crippen LogP contribution in [-0.2, 0) is 0 Å². The molecule has 0 saturated heterocycles. The molecule has 3 heteroatoms. The largest absolute Gasteiger partial charge is 0.362 e. The molecule has 1 heterocycles. The summed E-state index contributed by atoms with van der Waals surface area (Å²) in [5.74, 6) is 0. The Hall–Kier alpha value is -0.370. The van der Waals surface area contributed by atoms with E-state index in [1.54, 1.807) is 0 Å². The first-order valence-electron chi connectivity index (χ1n) is 3.34. The van der Waals surface area contributed by atoms with Gasteiger partial charge in [0.2, 0.25) is 0 Å². The molecule has 0 aromatic heterocycles. The van der Waals surface area contributed by atoms with Crippen LogP contribution in [0, 0.1) is 0 Å². The fourth-order valence-electron chi connectivity index (χ4n) is 0.887. The van der Waals surface area contributed by atoms with Gasteiger partial charge in [-0.05, 0) is 13.8 Å². The predicted octanol–water partition coefficient (Wildman–Crippen LogP) is 1.49. The highest BCUT2D eigenvalue weighted by atomic mass is 35.5. The van der Waals surface area contributed by atoms with Gasteiger partial charge in [-0.1, -0.05) is 0 Å². The van der Waals surface area contributed by atoms with Crippen molar-refractivity contribution in [1.29, 1.82) is 0 Å². The van der Waals surface area contributed by atoms with Crippen LogP contribution in [0.1, 0.15) is 13.8 Å². The van der Waals surface area contributed by atoms with Crippen LogP contribution in [0.15, 0.2) is 12.4 Å². The van der Waals surface area contributed by atoms with Crippen molar-refractivity contribution in [2.45, 2.75) is 19.9 Å². The molecule has 1 aliphatic heterocycles. The van der Waals surface area contributed by atoms with Gasteiger partial charge in [-0.25, -0.2) is 0 Å². The van der Waals surface area contributed by atoms with Crippen molar-refractivity contribution in [2.24, 2.45) is 0 Å². The van der Waals surface area contributed by atoms with Gasteiger partial charge in [-0.2, -0.15) is 0 Å².